The van der Waals surface area contributed by atoms with Crippen LogP contribution in [0.2, 0.25) is 0 Å². The molecule has 5 rings (SSSR count). The first kappa shape index (κ1) is 15.7. The second-order valence-electron chi connectivity index (χ2n) is 8.75. The molecule has 0 aliphatic heterocycles. The molecule has 0 saturated heterocycles. The summed E-state index contributed by atoms with van der Waals surface area (Å²) in [6.07, 6.45) is 0. The lowest BCUT2D eigenvalue weighted by Crippen LogP contribution is -2.36. The molecule has 0 atom stereocenters. The number of para-hydroxylation sites is 1. The molecule has 130 valence electrons. The van der Waals surface area contributed by atoms with Gasteiger partial charge in [0.2, 0.25) is 0 Å². The normalized spacial score (nSPS) is 17.3. The number of aryl methyl sites for hydroxylation is 1. The van der Waals surface area contributed by atoms with Crippen molar-refractivity contribution >= 4 is 21.8 Å². The Morgan fingerprint density at radius 3 is 1.96 bits per heavy atom. The van der Waals surface area contributed by atoms with Crippen molar-refractivity contribution < 1.29 is 0 Å². The molecule has 0 spiro atoms. The number of hydrogen-bond donors (Lipinski definition) is 0. The summed E-state index contributed by atoms with van der Waals surface area (Å²) in [6.45, 7) is 9.52. The van der Waals surface area contributed by atoms with E-state index in [1.807, 2.05) is 0 Å². The van der Waals surface area contributed by atoms with Crippen molar-refractivity contribution in [2.24, 2.45) is 7.05 Å². The van der Waals surface area contributed by atoms with Crippen LogP contribution in [-0.2, 0) is 17.9 Å². The highest BCUT2D eigenvalue weighted by Gasteiger charge is 2.42. The van der Waals surface area contributed by atoms with Crippen LogP contribution in [-0.4, -0.2) is 4.57 Å². The summed E-state index contributed by atoms with van der Waals surface area (Å²) in [5.74, 6) is 0. The fourth-order valence-electron chi connectivity index (χ4n) is 5.27. The number of rotatable bonds is 0. The summed E-state index contributed by atoms with van der Waals surface area (Å²) in [6, 6.07) is 22.5. The highest BCUT2D eigenvalue weighted by Crippen LogP contribution is 2.52. The average Bonchev–Trinajstić information content (AvgIpc) is 2.93. The van der Waals surface area contributed by atoms with Gasteiger partial charge in [0.05, 0.1) is 0 Å². The Morgan fingerprint density at radius 2 is 1.23 bits per heavy atom. The van der Waals surface area contributed by atoms with Crippen molar-refractivity contribution in [3.8, 4) is 0 Å². The maximum Gasteiger partial charge on any atom is 0.0492 e. The minimum absolute atomic E-state index is 0.00653. The molecule has 0 saturated carbocycles. The Bertz CT molecular complexity index is 1190. The van der Waals surface area contributed by atoms with Crippen molar-refractivity contribution in [1.82, 2.24) is 4.57 Å². The van der Waals surface area contributed by atoms with Gasteiger partial charge >= 0.3 is 0 Å². The average molecular weight is 339 g/mol. The number of nitrogens with zero attached hydrogens (tertiary/aromatic N) is 1. The van der Waals surface area contributed by atoms with E-state index in [1.165, 1.54) is 44.1 Å². The van der Waals surface area contributed by atoms with E-state index >= 15 is 0 Å². The van der Waals surface area contributed by atoms with Crippen LogP contribution < -0.4 is 0 Å². The summed E-state index contributed by atoms with van der Waals surface area (Å²) in [4.78, 5) is 0. The first-order valence-corrected chi connectivity index (χ1v) is 9.46. The summed E-state index contributed by atoms with van der Waals surface area (Å²) in [5, 5.41) is 2.79. The zero-order valence-electron chi connectivity index (χ0n) is 16.2. The second kappa shape index (κ2) is 4.79. The molecule has 4 aromatic rings. The monoisotopic (exact) mass is 339 g/mol. The van der Waals surface area contributed by atoms with Crippen LogP contribution in [0.3, 0.4) is 0 Å². The Labute approximate surface area is 155 Å². The molecule has 0 bridgehead atoms. The number of hydrogen-bond acceptors (Lipinski definition) is 0. The molecular weight excluding hydrogens is 314 g/mol. The largest absolute Gasteiger partial charge is 0.344 e. The standard InChI is InChI=1S/C25H25N/c1-24(2)17-11-7-8-12-18(17)25(3,4)23-19(24)14-15-21-22(23)16-10-6-9-13-20(16)26(21)5/h6-15H,1-5H3. The van der Waals surface area contributed by atoms with Gasteiger partial charge in [0, 0.05) is 39.7 Å². The maximum absolute atomic E-state index is 2.39. The van der Waals surface area contributed by atoms with Crippen LogP contribution in [0.1, 0.15) is 49.9 Å². The van der Waals surface area contributed by atoms with Gasteiger partial charge in [-0.3, -0.25) is 0 Å². The van der Waals surface area contributed by atoms with Gasteiger partial charge in [-0.2, -0.15) is 0 Å². The van der Waals surface area contributed by atoms with Crippen LogP contribution in [0.25, 0.3) is 21.8 Å². The van der Waals surface area contributed by atoms with E-state index < -0.39 is 0 Å². The summed E-state index contributed by atoms with van der Waals surface area (Å²) < 4.78 is 2.34. The molecule has 0 fully saturated rings. The number of fused-ring (bicyclic) bond motifs is 6. The molecule has 0 N–H and O–H groups in total. The molecule has 1 nitrogen and oxygen atoms in total. The molecule has 3 aromatic carbocycles. The third-order valence-electron chi connectivity index (χ3n) is 6.65. The first-order valence-electron chi connectivity index (χ1n) is 9.46. The van der Waals surface area contributed by atoms with Crippen LogP contribution in [0.15, 0.2) is 60.7 Å². The van der Waals surface area contributed by atoms with Crippen LogP contribution in [0, 0.1) is 0 Å². The summed E-state index contributed by atoms with van der Waals surface area (Å²) in [5.41, 5.74) is 8.49. The molecule has 1 heteroatoms. The SMILES string of the molecule is Cn1c2ccccc2c2c3c(ccc21)C(C)(C)c1ccccc1C3(C)C. The van der Waals surface area contributed by atoms with E-state index in [0.717, 1.165) is 0 Å². The van der Waals surface area contributed by atoms with Crippen LogP contribution in [0.4, 0.5) is 0 Å². The summed E-state index contributed by atoms with van der Waals surface area (Å²) in [7, 11) is 2.19. The molecule has 26 heavy (non-hydrogen) atoms. The molecule has 0 unspecified atom stereocenters. The van der Waals surface area contributed by atoms with E-state index in [4.69, 9.17) is 0 Å². The minimum atomic E-state index is -0.0227. The predicted molar refractivity (Wildman–Crippen MR) is 111 cm³/mol. The van der Waals surface area contributed by atoms with E-state index in [-0.39, 0.29) is 10.8 Å². The van der Waals surface area contributed by atoms with E-state index in [9.17, 15) is 0 Å². The summed E-state index contributed by atoms with van der Waals surface area (Å²) >= 11 is 0. The molecule has 1 aliphatic carbocycles. The molecule has 0 radical (unpaired) electrons. The molecule has 0 amide bonds. The minimum Gasteiger partial charge on any atom is -0.344 e. The smallest absolute Gasteiger partial charge is 0.0492 e. The zero-order chi connectivity index (χ0) is 18.3. The quantitative estimate of drug-likeness (QED) is 0.354. The maximum atomic E-state index is 2.39. The fourth-order valence-corrected chi connectivity index (χ4v) is 5.27. The topological polar surface area (TPSA) is 4.93 Å². The van der Waals surface area contributed by atoms with Gasteiger partial charge in [-0.05, 0) is 34.4 Å². The van der Waals surface area contributed by atoms with Crippen molar-refractivity contribution in [3.63, 3.8) is 0 Å². The lowest BCUT2D eigenvalue weighted by molar-refractivity contribution is 0.525. The lowest BCUT2D eigenvalue weighted by atomic mass is 9.59. The van der Waals surface area contributed by atoms with Crippen molar-refractivity contribution in [1.29, 1.82) is 0 Å². The van der Waals surface area contributed by atoms with E-state index in [1.54, 1.807) is 0 Å². The third kappa shape index (κ3) is 1.71. The van der Waals surface area contributed by atoms with Crippen molar-refractivity contribution in [2.75, 3.05) is 0 Å². The number of benzene rings is 3. The Morgan fingerprint density at radius 1 is 0.615 bits per heavy atom. The molecule has 1 aliphatic rings. The van der Waals surface area contributed by atoms with Crippen molar-refractivity contribution in [2.45, 2.75) is 38.5 Å². The first-order chi connectivity index (χ1) is 12.3. The van der Waals surface area contributed by atoms with Gasteiger partial charge in [0.1, 0.15) is 0 Å². The zero-order valence-corrected chi connectivity index (χ0v) is 16.2. The highest BCUT2D eigenvalue weighted by molar-refractivity contribution is 6.11. The van der Waals surface area contributed by atoms with Crippen LogP contribution in [0.5, 0.6) is 0 Å². The fraction of sp³-hybridized carbons (Fsp3) is 0.280. The third-order valence-corrected chi connectivity index (χ3v) is 6.65. The highest BCUT2D eigenvalue weighted by atomic mass is 14.9. The van der Waals surface area contributed by atoms with Gasteiger partial charge in [0.15, 0.2) is 0 Å². The molecule has 1 aromatic heterocycles. The van der Waals surface area contributed by atoms with Gasteiger partial charge in [0.25, 0.3) is 0 Å². The Kier molecular flexibility index (Phi) is 2.89. The van der Waals surface area contributed by atoms with Gasteiger partial charge in [-0.1, -0.05) is 76.2 Å². The molecule has 1 heterocycles. The van der Waals surface area contributed by atoms with E-state index in [2.05, 4.69) is 100.0 Å². The number of aromatic nitrogens is 1. The predicted octanol–water partition coefficient (Wildman–Crippen LogP) is 6.30. The molecular formula is C25H25N. The van der Waals surface area contributed by atoms with Gasteiger partial charge in [-0.25, -0.2) is 0 Å². The Hall–Kier alpha value is -2.54. The van der Waals surface area contributed by atoms with Crippen molar-refractivity contribution in [3.05, 3.63) is 82.9 Å². The second-order valence-corrected chi connectivity index (χ2v) is 8.75. The lowest BCUT2D eigenvalue weighted by Gasteiger charge is -2.44. The van der Waals surface area contributed by atoms with Gasteiger partial charge < -0.3 is 4.57 Å². The van der Waals surface area contributed by atoms with Crippen LogP contribution >= 0.6 is 0 Å². The Balaban J connectivity index is 2.04. The van der Waals surface area contributed by atoms with Gasteiger partial charge in [-0.15, -0.1) is 0 Å². The van der Waals surface area contributed by atoms with E-state index in [0.29, 0.717) is 0 Å².